The topological polar surface area (TPSA) is 60.4 Å². The number of sulfone groups is 1. The van der Waals surface area contributed by atoms with Crippen LogP contribution in [0.5, 0.6) is 11.5 Å². The molecule has 0 aliphatic carbocycles. The van der Waals surface area contributed by atoms with Crippen LogP contribution in [0.15, 0.2) is 65.6 Å². The Bertz CT molecular complexity index is 1150. The number of halogens is 2. The SMILES string of the molecule is CC(=O)c1ccc(-c2ccc(S(C)(=O)=O)cc2)c(Oc2ccc(F)cc2F)c1. The minimum atomic E-state index is -3.35. The van der Waals surface area contributed by atoms with Crippen LogP contribution in [0.4, 0.5) is 8.78 Å². The third-order valence-corrected chi connectivity index (χ3v) is 5.22. The number of ketones is 1. The van der Waals surface area contributed by atoms with Gasteiger partial charge >= 0.3 is 0 Å². The molecular formula is C21H16F2O4S. The zero-order valence-corrected chi connectivity index (χ0v) is 15.9. The summed E-state index contributed by atoms with van der Waals surface area (Å²) < 4.78 is 56.1. The first-order valence-corrected chi connectivity index (χ1v) is 10.1. The van der Waals surface area contributed by atoms with Crippen molar-refractivity contribution >= 4 is 15.6 Å². The van der Waals surface area contributed by atoms with Crippen LogP contribution in [0.3, 0.4) is 0 Å². The standard InChI is InChI=1S/C21H16F2O4S/c1-13(24)15-5-9-18(14-3-7-17(8-4-14)28(2,25)26)21(11-15)27-20-10-6-16(22)12-19(20)23/h3-12H,1-2H3. The summed E-state index contributed by atoms with van der Waals surface area (Å²) in [6.07, 6.45) is 1.11. The van der Waals surface area contributed by atoms with E-state index >= 15 is 0 Å². The van der Waals surface area contributed by atoms with Gasteiger partial charge in [-0.25, -0.2) is 17.2 Å². The molecule has 0 atom stereocenters. The summed E-state index contributed by atoms with van der Waals surface area (Å²) in [7, 11) is -3.35. The maximum absolute atomic E-state index is 14.0. The maximum atomic E-state index is 14.0. The van der Waals surface area contributed by atoms with E-state index in [2.05, 4.69) is 0 Å². The van der Waals surface area contributed by atoms with E-state index in [1.165, 1.54) is 25.1 Å². The molecule has 0 fully saturated rings. The average molecular weight is 402 g/mol. The van der Waals surface area contributed by atoms with Crippen LogP contribution in [-0.2, 0) is 9.84 Å². The molecule has 3 aromatic rings. The number of rotatable bonds is 5. The van der Waals surface area contributed by atoms with E-state index in [0.29, 0.717) is 22.8 Å². The highest BCUT2D eigenvalue weighted by Gasteiger charge is 2.15. The van der Waals surface area contributed by atoms with Crippen molar-refractivity contribution in [3.63, 3.8) is 0 Å². The predicted molar refractivity (Wildman–Crippen MR) is 101 cm³/mol. The van der Waals surface area contributed by atoms with Crippen LogP contribution >= 0.6 is 0 Å². The van der Waals surface area contributed by atoms with Crippen molar-refractivity contribution in [2.45, 2.75) is 11.8 Å². The number of hydrogen-bond donors (Lipinski definition) is 0. The Morgan fingerprint density at radius 3 is 2.14 bits per heavy atom. The molecule has 144 valence electrons. The Kier molecular flexibility index (Phi) is 5.29. The van der Waals surface area contributed by atoms with Gasteiger partial charge in [0.25, 0.3) is 0 Å². The molecule has 0 radical (unpaired) electrons. The van der Waals surface area contributed by atoms with E-state index < -0.39 is 21.5 Å². The largest absolute Gasteiger partial charge is 0.454 e. The summed E-state index contributed by atoms with van der Waals surface area (Å²) in [5.41, 5.74) is 1.49. The molecule has 0 amide bonds. The van der Waals surface area contributed by atoms with Gasteiger partial charge in [-0.05, 0) is 48.9 Å². The summed E-state index contributed by atoms with van der Waals surface area (Å²) in [6, 6.07) is 13.7. The highest BCUT2D eigenvalue weighted by molar-refractivity contribution is 7.90. The highest BCUT2D eigenvalue weighted by Crippen LogP contribution is 2.36. The average Bonchev–Trinajstić information content (AvgIpc) is 2.63. The van der Waals surface area contributed by atoms with Gasteiger partial charge in [-0.2, -0.15) is 0 Å². The van der Waals surface area contributed by atoms with E-state index in [1.807, 2.05) is 0 Å². The number of Topliss-reactive ketones (excluding diaryl/α,β-unsaturated/α-hetero) is 1. The first kappa shape index (κ1) is 19.7. The molecule has 3 aromatic carbocycles. The Hall–Kier alpha value is -3.06. The normalized spacial score (nSPS) is 11.3. The van der Waals surface area contributed by atoms with Gasteiger partial charge in [-0.3, -0.25) is 4.79 Å². The number of hydrogen-bond acceptors (Lipinski definition) is 4. The minimum absolute atomic E-state index is 0.156. The lowest BCUT2D eigenvalue weighted by atomic mass is 10.0. The molecule has 0 saturated carbocycles. The Morgan fingerprint density at radius 2 is 1.57 bits per heavy atom. The number of benzene rings is 3. The van der Waals surface area contributed by atoms with Crippen LogP contribution in [-0.4, -0.2) is 20.5 Å². The van der Waals surface area contributed by atoms with E-state index in [9.17, 15) is 22.0 Å². The molecule has 28 heavy (non-hydrogen) atoms. The quantitative estimate of drug-likeness (QED) is 0.562. The first-order valence-electron chi connectivity index (χ1n) is 8.23. The van der Waals surface area contributed by atoms with Gasteiger partial charge in [0, 0.05) is 23.4 Å². The molecule has 0 saturated heterocycles. The lowest BCUT2D eigenvalue weighted by Crippen LogP contribution is -1.98. The highest BCUT2D eigenvalue weighted by atomic mass is 32.2. The minimum Gasteiger partial charge on any atom is -0.454 e. The van der Waals surface area contributed by atoms with Gasteiger partial charge in [-0.15, -0.1) is 0 Å². The van der Waals surface area contributed by atoms with E-state index in [0.717, 1.165) is 18.4 Å². The number of ether oxygens (including phenoxy) is 1. The Balaban J connectivity index is 2.09. The van der Waals surface area contributed by atoms with Crippen LogP contribution in [0.25, 0.3) is 11.1 Å². The predicted octanol–water partition coefficient (Wildman–Crippen LogP) is 5.03. The fraction of sp³-hybridized carbons (Fsp3) is 0.0952. The number of carbonyl (C=O) groups excluding carboxylic acids is 1. The van der Waals surface area contributed by atoms with E-state index in [4.69, 9.17) is 4.74 Å². The lowest BCUT2D eigenvalue weighted by Gasteiger charge is -2.14. The molecule has 0 spiro atoms. The molecule has 0 aromatic heterocycles. The smallest absolute Gasteiger partial charge is 0.175 e. The molecule has 7 heteroatoms. The van der Waals surface area contributed by atoms with Gasteiger partial charge in [0.15, 0.2) is 27.2 Å². The van der Waals surface area contributed by atoms with Gasteiger partial charge < -0.3 is 4.74 Å². The van der Waals surface area contributed by atoms with Crippen molar-refractivity contribution in [2.75, 3.05) is 6.26 Å². The number of carbonyl (C=O) groups is 1. The van der Waals surface area contributed by atoms with Crippen LogP contribution in [0.1, 0.15) is 17.3 Å². The molecule has 0 aliphatic heterocycles. The monoisotopic (exact) mass is 402 g/mol. The van der Waals surface area contributed by atoms with Crippen molar-refractivity contribution in [3.05, 3.63) is 77.9 Å². The summed E-state index contributed by atoms with van der Waals surface area (Å²) in [4.78, 5) is 11.9. The molecule has 0 heterocycles. The maximum Gasteiger partial charge on any atom is 0.175 e. The first-order chi connectivity index (χ1) is 13.1. The second-order valence-corrected chi connectivity index (χ2v) is 8.26. The molecule has 0 unspecified atom stereocenters. The van der Waals surface area contributed by atoms with Crippen molar-refractivity contribution in [1.82, 2.24) is 0 Å². The van der Waals surface area contributed by atoms with Crippen molar-refractivity contribution in [2.24, 2.45) is 0 Å². The van der Waals surface area contributed by atoms with Crippen molar-refractivity contribution in [1.29, 1.82) is 0 Å². The van der Waals surface area contributed by atoms with E-state index in [1.54, 1.807) is 24.3 Å². The van der Waals surface area contributed by atoms with Gasteiger partial charge in [0.05, 0.1) is 4.90 Å². The molecule has 4 nitrogen and oxygen atoms in total. The Morgan fingerprint density at radius 1 is 0.893 bits per heavy atom. The fourth-order valence-electron chi connectivity index (χ4n) is 2.62. The molecule has 0 aliphatic rings. The molecular weight excluding hydrogens is 386 g/mol. The summed E-state index contributed by atoms with van der Waals surface area (Å²) in [5.74, 6) is -1.84. The summed E-state index contributed by atoms with van der Waals surface area (Å²) >= 11 is 0. The zero-order chi connectivity index (χ0) is 20.5. The lowest BCUT2D eigenvalue weighted by molar-refractivity contribution is 0.101. The second-order valence-electron chi connectivity index (χ2n) is 6.24. The van der Waals surface area contributed by atoms with Crippen molar-refractivity contribution in [3.8, 4) is 22.6 Å². The summed E-state index contributed by atoms with van der Waals surface area (Å²) in [5, 5.41) is 0. The van der Waals surface area contributed by atoms with Crippen LogP contribution in [0, 0.1) is 11.6 Å². The molecule has 0 N–H and O–H groups in total. The van der Waals surface area contributed by atoms with Crippen LogP contribution in [0.2, 0.25) is 0 Å². The molecule has 3 rings (SSSR count). The summed E-state index contributed by atoms with van der Waals surface area (Å²) in [6.45, 7) is 1.39. The third kappa shape index (κ3) is 4.26. The fourth-order valence-corrected chi connectivity index (χ4v) is 3.25. The van der Waals surface area contributed by atoms with Crippen LogP contribution < -0.4 is 4.74 Å². The van der Waals surface area contributed by atoms with Crippen molar-refractivity contribution < 1.29 is 26.7 Å². The van der Waals surface area contributed by atoms with Gasteiger partial charge in [0.1, 0.15) is 11.6 Å². The molecule has 0 bridgehead atoms. The second kappa shape index (κ2) is 7.52. The zero-order valence-electron chi connectivity index (χ0n) is 15.1. The van der Waals surface area contributed by atoms with Gasteiger partial charge in [0.2, 0.25) is 0 Å². The van der Waals surface area contributed by atoms with E-state index in [-0.39, 0.29) is 22.2 Å². The Labute approximate surface area is 161 Å². The van der Waals surface area contributed by atoms with Gasteiger partial charge in [-0.1, -0.05) is 18.2 Å². The third-order valence-electron chi connectivity index (χ3n) is 4.10.